The van der Waals surface area contributed by atoms with Crippen molar-refractivity contribution in [1.29, 1.82) is 0 Å². The summed E-state index contributed by atoms with van der Waals surface area (Å²) in [6.45, 7) is 4.07. The zero-order chi connectivity index (χ0) is 14.9. The third-order valence-corrected chi connectivity index (χ3v) is 4.32. The minimum atomic E-state index is -0.276. The van der Waals surface area contributed by atoms with Gasteiger partial charge in [-0.15, -0.1) is 0 Å². The van der Waals surface area contributed by atoms with E-state index in [1.165, 1.54) is 0 Å². The molecule has 0 bridgehead atoms. The maximum atomic E-state index is 12.0. The summed E-state index contributed by atoms with van der Waals surface area (Å²) in [6, 6.07) is 5.38. The minimum absolute atomic E-state index is 0.276. The van der Waals surface area contributed by atoms with Crippen LogP contribution < -0.4 is 16.2 Å². The molecule has 0 amide bonds. The zero-order valence-corrected chi connectivity index (χ0v) is 13.2. The molecule has 106 valence electrons. The lowest BCUT2D eigenvalue weighted by atomic mass is 10.1. The summed E-state index contributed by atoms with van der Waals surface area (Å²) in [6.07, 6.45) is 0. The molecule has 20 heavy (non-hydrogen) atoms. The van der Waals surface area contributed by atoms with Gasteiger partial charge in [0.25, 0.3) is 0 Å². The van der Waals surface area contributed by atoms with Crippen LogP contribution in [0.15, 0.2) is 27.5 Å². The van der Waals surface area contributed by atoms with Crippen LogP contribution in [0, 0.1) is 13.8 Å². The van der Waals surface area contributed by atoms with Crippen molar-refractivity contribution in [2.75, 3.05) is 12.8 Å². The number of anilines is 1. The zero-order valence-electron chi connectivity index (χ0n) is 11.6. The predicted octanol–water partition coefficient (Wildman–Crippen LogP) is 2.26. The van der Waals surface area contributed by atoms with Gasteiger partial charge in [-0.25, -0.2) is 4.79 Å². The molecular formula is C14H16BrN3O2. The normalized spacial score (nSPS) is 10.6. The Morgan fingerprint density at radius 1 is 1.40 bits per heavy atom. The molecule has 0 aliphatic heterocycles. The summed E-state index contributed by atoms with van der Waals surface area (Å²) in [5, 5.41) is 0. The summed E-state index contributed by atoms with van der Waals surface area (Å²) in [5.41, 5.74) is 8.48. The van der Waals surface area contributed by atoms with E-state index in [1.807, 2.05) is 13.0 Å². The number of nitrogens with zero attached hydrogens (tertiary/aromatic N) is 2. The second kappa shape index (κ2) is 5.66. The van der Waals surface area contributed by atoms with Crippen LogP contribution >= 0.6 is 15.9 Å². The standard InChI is InChI=1S/C14H16BrN3O2/c1-8-13(15)9(2)18(14(19)17-8)7-10-4-5-11(16)6-12(10)20-3/h4-6H,7,16H2,1-3H3. The maximum absolute atomic E-state index is 12.0. The number of methoxy groups -OCH3 is 1. The minimum Gasteiger partial charge on any atom is -0.496 e. The summed E-state index contributed by atoms with van der Waals surface area (Å²) < 4.78 is 7.75. The van der Waals surface area contributed by atoms with E-state index < -0.39 is 0 Å². The van der Waals surface area contributed by atoms with E-state index in [9.17, 15) is 4.79 Å². The monoisotopic (exact) mass is 337 g/mol. The van der Waals surface area contributed by atoms with Crippen molar-refractivity contribution in [1.82, 2.24) is 9.55 Å². The Kier molecular flexibility index (Phi) is 4.13. The van der Waals surface area contributed by atoms with Gasteiger partial charge in [0.1, 0.15) is 5.75 Å². The third-order valence-electron chi connectivity index (χ3n) is 3.17. The topological polar surface area (TPSA) is 70.1 Å². The number of hydrogen-bond donors (Lipinski definition) is 1. The van der Waals surface area contributed by atoms with Gasteiger partial charge in [0.15, 0.2) is 0 Å². The average molecular weight is 338 g/mol. The molecule has 0 saturated heterocycles. The molecule has 1 aromatic carbocycles. The molecule has 2 N–H and O–H groups in total. The van der Waals surface area contributed by atoms with Gasteiger partial charge >= 0.3 is 5.69 Å². The fraction of sp³-hybridized carbons (Fsp3) is 0.286. The van der Waals surface area contributed by atoms with Crippen molar-refractivity contribution in [3.63, 3.8) is 0 Å². The van der Waals surface area contributed by atoms with E-state index in [-0.39, 0.29) is 5.69 Å². The van der Waals surface area contributed by atoms with E-state index in [0.29, 0.717) is 23.7 Å². The molecule has 0 saturated carbocycles. The van der Waals surface area contributed by atoms with Gasteiger partial charge in [-0.2, -0.15) is 4.98 Å². The van der Waals surface area contributed by atoms with Crippen molar-refractivity contribution in [2.24, 2.45) is 0 Å². The van der Waals surface area contributed by atoms with Crippen molar-refractivity contribution in [2.45, 2.75) is 20.4 Å². The van der Waals surface area contributed by atoms with Crippen LogP contribution in [0.3, 0.4) is 0 Å². The first-order valence-electron chi connectivity index (χ1n) is 6.10. The van der Waals surface area contributed by atoms with Crippen LogP contribution in [-0.4, -0.2) is 16.7 Å². The highest BCUT2D eigenvalue weighted by Gasteiger charge is 2.12. The highest BCUT2D eigenvalue weighted by atomic mass is 79.9. The van der Waals surface area contributed by atoms with Gasteiger partial charge in [0, 0.05) is 23.0 Å². The molecule has 1 heterocycles. The lowest BCUT2D eigenvalue weighted by molar-refractivity contribution is 0.408. The first-order chi connectivity index (χ1) is 9.43. The molecule has 5 nitrogen and oxygen atoms in total. The van der Waals surface area contributed by atoms with Crippen molar-refractivity contribution >= 4 is 21.6 Å². The third kappa shape index (κ3) is 2.70. The lowest BCUT2D eigenvalue weighted by Gasteiger charge is -2.14. The fourth-order valence-corrected chi connectivity index (χ4v) is 2.33. The molecular weight excluding hydrogens is 322 g/mol. The molecule has 0 atom stereocenters. The van der Waals surface area contributed by atoms with Crippen molar-refractivity contribution in [3.8, 4) is 5.75 Å². The smallest absolute Gasteiger partial charge is 0.348 e. The first kappa shape index (κ1) is 14.6. The van der Waals surface area contributed by atoms with E-state index >= 15 is 0 Å². The predicted molar refractivity (Wildman–Crippen MR) is 82.2 cm³/mol. The Morgan fingerprint density at radius 3 is 2.75 bits per heavy atom. The molecule has 0 spiro atoms. The number of aryl methyl sites for hydroxylation is 1. The van der Waals surface area contributed by atoms with Crippen LogP contribution in [0.5, 0.6) is 5.75 Å². The summed E-state index contributed by atoms with van der Waals surface area (Å²) >= 11 is 3.45. The Hall–Kier alpha value is -1.82. The number of nitrogens with two attached hydrogens (primary N) is 1. The fourth-order valence-electron chi connectivity index (χ4n) is 2.02. The van der Waals surface area contributed by atoms with Gasteiger partial charge in [0.05, 0.1) is 23.8 Å². The quantitative estimate of drug-likeness (QED) is 0.872. The summed E-state index contributed by atoms with van der Waals surface area (Å²) in [7, 11) is 1.58. The summed E-state index contributed by atoms with van der Waals surface area (Å²) in [5.74, 6) is 0.660. The largest absolute Gasteiger partial charge is 0.496 e. The number of halogens is 1. The molecule has 0 radical (unpaired) electrons. The molecule has 0 fully saturated rings. The molecule has 2 rings (SSSR count). The molecule has 1 aromatic heterocycles. The van der Waals surface area contributed by atoms with Gasteiger partial charge < -0.3 is 10.5 Å². The number of hydrogen-bond acceptors (Lipinski definition) is 4. The average Bonchev–Trinajstić information content (AvgIpc) is 2.42. The number of benzene rings is 1. The maximum Gasteiger partial charge on any atom is 0.348 e. The molecule has 6 heteroatoms. The molecule has 0 unspecified atom stereocenters. The SMILES string of the molecule is COc1cc(N)ccc1Cn1c(C)c(Br)c(C)nc1=O. The van der Waals surface area contributed by atoms with E-state index in [4.69, 9.17) is 10.5 Å². The second-order valence-corrected chi connectivity index (χ2v) is 5.33. The van der Waals surface area contributed by atoms with Crippen LogP contribution in [0.25, 0.3) is 0 Å². The van der Waals surface area contributed by atoms with Gasteiger partial charge in [-0.05, 0) is 35.8 Å². The summed E-state index contributed by atoms with van der Waals surface area (Å²) in [4.78, 5) is 16.0. The lowest BCUT2D eigenvalue weighted by Crippen LogP contribution is -2.27. The van der Waals surface area contributed by atoms with Crippen LogP contribution in [-0.2, 0) is 6.54 Å². The molecule has 0 aliphatic rings. The van der Waals surface area contributed by atoms with Crippen LogP contribution in [0.4, 0.5) is 5.69 Å². The van der Waals surface area contributed by atoms with Gasteiger partial charge in [-0.1, -0.05) is 6.07 Å². The Morgan fingerprint density at radius 2 is 2.10 bits per heavy atom. The van der Waals surface area contributed by atoms with Crippen molar-refractivity contribution in [3.05, 3.63) is 50.1 Å². The number of nitrogen functional groups attached to an aromatic ring is 1. The van der Waals surface area contributed by atoms with Crippen molar-refractivity contribution < 1.29 is 4.74 Å². The Labute approximate surface area is 125 Å². The van der Waals surface area contributed by atoms with E-state index in [1.54, 1.807) is 30.7 Å². The second-order valence-electron chi connectivity index (χ2n) is 4.54. The van der Waals surface area contributed by atoms with E-state index in [0.717, 1.165) is 15.7 Å². The van der Waals surface area contributed by atoms with Gasteiger partial charge in [0.2, 0.25) is 0 Å². The van der Waals surface area contributed by atoms with Crippen LogP contribution in [0.2, 0.25) is 0 Å². The number of rotatable bonds is 3. The van der Waals surface area contributed by atoms with Gasteiger partial charge in [-0.3, -0.25) is 4.57 Å². The van der Waals surface area contributed by atoms with E-state index in [2.05, 4.69) is 20.9 Å². The number of ether oxygens (including phenoxy) is 1. The van der Waals surface area contributed by atoms with Crippen LogP contribution in [0.1, 0.15) is 17.0 Å². The Bertz CT molecular complexity index is 710. The Balaban J connectivity index is 2.51. The highest BCUT2D eigenvalue weighted by Crippen LogP contribution is 2.23. The number of aromatic nitrogens is 2. The molecule has 0 aliphatic carbocycles. The molecule has 2 aromatic rings. The highest BCUT2D eigenvalue weighted by molar-refractivity contribution is 9.10. The first-order valence-corrected chi connectivity index (χ1v) is 6.89.